The number of nitrogens with one attached hydrogen (secondary N) is 2. The van der Waals surface area contributed by atoms with E-state index in [1.54, 1.807) is 0 Å². The highest BCUT2D eigenvalue weighted by molar-refractivity contribution is 6.31. The predicted molar refractivity (Wildman–Crippen MR) is 72.9 cm³/mol. The molecular formula is C14H17ClN2O. The minimum absolute atomic E-state index is 0.113. The van der Waals surface area contributed by atoms with Crippen LogP contribution in [0.5, 0.6) is 0 Å². The van der Waals surface area contributed by atoms with Crippen LogP contribution in [0.25, 0.3) is 0 Å². The second-order valence-corrected chi connectivity index (χ2v) is 5.77. The average Bonchev–Trinajstić information content (AvgIpc) is 2.96. The van der Waals surface area contributed by atoms with Gasteiger partial charge in [-0.1, -0.05) is 17.7 Å². The Bertz CT molecular complexity index is 489. The fourth-order valence-electron chi connectivity index (χ4n) is 3.07. The van der Waals surface area contributed by atoms with E-state index >= 15 is 0 Å². The molecule has 0 aromatic heterocycles. The van der Waals surface area contributed by atoms with Crippen LogP contribution in [0, 0.1) is 12.8 Å². The molecule has 0 radical (unpaired) electrons. The zero-order valence-electron chi connectivity index (χ0n) is 10.4. The fraction of sp³-hybridized carbons (Fsp3) is 0.500. The molecule has 0 spiro atoms. The number of hydrogen-bond acceptors (Lipinski definition) is 2. The summed E-state index contributed by atoms with van der Waals surface area (Å²) >= 11 is 5.96. The summed E-state index contributed by atoms with van der Waals surface area (Å²) < 4.78 is 0. The molecule has 1 amide bonds. The predicted octanol–water partition coefficient (Wildman–Crippen LogP) is 2.73. The highest BCUT2D eigenvalue weighted by Crippen LogP contribution is 2.34. The lowest BCUT2D eigenvalue weighted by molar-refractivity contribution is -0.120. The van der Waals surface area contributed by atoms with Crippen LogP contribution in [-0.2, 0) is 4.79 Å². The number of halogens is 1. The highest BCUT2D eigenvalue weighted by atomic mass is 35.5. The number of hydrogen-bond donors (Lipinski definition) is 2. The number of amides is 1. The number of fused-ring (bicyclic) bond motifs is 2. The molecule has 3 unspecified atom stereocenters. The summed E-state index contributed by atoms with van der Waals surface area (Å²) in [5.41, 5.74) is 1.87. The van der Waals surface area contributed by atoms with Crippen LogP contribution in [0.15, 0.2) is 18.2 Å². The van der Waals surface area contributed by atoms with Crippen molar-refractivity contribution in [2.75, 3.05) is 5.32 Å². The van der Waals surface area contributed by atoms with E-state index in [-0.39, 0.29) is 11.8 Å². The summed E-state index contributed by atoms with van der Waals surface area (Å²) in [4.78, 5) is 12.3. The lowest BCUT2D eigenvalue weighted by atomic mass is 9.88. The molecule has 3 atom stereocenters. The first kappa shape index (κ1) is 12.0. The van der Waals surface area contributed by atoms with Crippen LogP contribution in [0.1, 0.15) is 24.8 Å². The number of rotatable bonds is 2. The third kappa shape index (κ3) is 2.13. The smallest absolute Gasteiger partial charge is 0.229 e. The van der Waals surface area contributed by atoms with Crippen LogP contribution in [0.3, 0.4) is 0 Å². The molecule has 0 saturated carbocycles. The maximum atomic E-state index is 12.3. The summed E-state index contributed by atoms with van der Waals surface area (Å²) in [5.74, 6) is 0.238. The first-order valence-electron chi connectivity index (χ1n) is 6.46. The molecule has 2 fully saturated rings. The number of anilines is 1. The summed E-state index contributed by atoms with van der Waals surface area (Å²) in [5, 5.41) is 7.15. The van der Waals surface area contributed by atoms with Gasteiger partial charge >= 0.3 is 0 Å². The first-order chi connectivity index (χ1) is 8.63. The summed E-state index contributed by atoms with van der Waals surface area (Å²) in [6, 6.07) is 6.50. The number of carbonyl (C=O) groups is 1. The minimum atomic E-state index is 0.113. The second-order valence-electron chi connectivity index (χ2n) is 5.34. The largest absolute Gasteiger partial charge is 0.326 e. The van der Waals surface area contributed by atoms with Crippen LogP contribution < -0.4 is 10.6 Å². The summed E-state index contributed by atoms with van der Waals surface area (Å²) in [6.07, 6.45) is 3.30. The van der Waals surface area contributed by atoms with Gasteiger partial charge in [0.1, 0.15) is 0 Å². The summed E-state index contributed by atoms with van der Waals surface area (Å²) in [7, 11) is 0. The Labute approximate surface area is 112 Å². The van der Waals surface area contributed by atoms with E-state index in [0.717, 1.165) is 24.1 Å². The Morgan fingerprint density at radius 1 is 1.44 bits per heavy atom. The quantitative estimate of drug-likeness (QED) is 0.862. The zero-order chi connectivity index (χ0) is 12.7. The first-order valence-corrected chi connectivity index (χ1v) is 6.84. The van der Waals surface area contributed by atoms with Crippen molar-refractivity contribution in [2.45, 2.75) is 38.3 Å². The molecule has 3 rings (SSSR count). The number of aryl methyl sites for hydroxylation is 1. The maximum Gasteiger partial charge on any atom is 0.229 e. The van der Waals surface area contributed by atoms with E-state index in [1.165, 1.54) is 6.42 Å². The van der Waals surface area contributed by atoms with Crippen LogP contribution >= 0.6 is 11.6 Å². The van der Waals surface area contributed by atoms with Gasteiger partial charge in [-0.3, -0.25) is 4.79 Å². The SMILES string of the molecule is Cc1ccc(Cl)cc1NC(=O)C1CC2CCC1N2. The Morgan fingerprint density at radius 2 is 2.28 bits per heavy atom. The van der Waals surface area contributed by atoms with Crippen LogP contribution in [0.2, 0.25) is 5.02 Å². The molecule has 2 saturated heterocycles. The van der Waals surface area contributed by atoms with Crippen molar-refractivity contribution in [3.63, 3.8) is 0 Å². The number of benzene rings is 1. The van der Waals surface area contributed by atoms with E-state index in [9.17, 15) is 4.79 Å². The molecule has 96 valence electrons. The molecule has 2 heterocycles. The molecule has 1 aromatic carbocycles. The molecule has 3 nitrogen and oxygen atoms in total. The molecule has 2 aliphatic heterocycles. The Morgan fingerprint density at radius 3 is 2.94 bits per heavy atom. The normalized spacial score (nSPS) is 29.6. The van der Waals surface area contributed by atoms with Gasteiger partial charge < -0.3 is 10.6 Å². The Kier molecular flexibility index (Phi) is 3.04. The van der Waals surface area contributed by atoms with E-state index < -0.39 is 0 Å². The molecule has 2 aliphatic rings. The van der Waals surface area contributed by atoms with Gasteiger partial charge in [0.25, 0.3) is 0 Å². The van der Waals surface area contributed by atoms with Gasteiger partial charge in [0.05, 0.1) is 5.92 Å². The topological polar surface area (TPSA) is 41.1 Å². The molecule has 18 heavy (non-hydrogen) atoms. The third-order valence-corrected chi connectivity index (χ3v) is 4.33. The van der Waals surface area contributed by atoms with Gasteiger partial charge in [-0.25, -0.2) is 0 Å². The molecule has 2 bridgehead atoms. The third-order valence-electron chi connectivity index (χ3n) is 4.09. The summed E-state index contributed by atoms with van der Waals surface area (Å²) in [6.45, 7) is 1.98. The number of carbonyl (C=O) groups excluding carboxylic acids is 1. The van der Waals surface area contributed by atoms with E-state index in [2.05, 4.69) is 10.6 Å². The second kappa shape index (κ2) is 4.56. The van der Waals surface area contributed by atoms with Gasteiger partial charge in [-0.15, -0.1) is 0 Å². The van der Waals surface area contributed by atoms with Crippen molar-refractivity contribution < 1.29 is 4.79 Å². The Balaban J connectivity index is 1.72. The molecule has 2 N–H and O–H groups in total. The maximum absolute atomic E-state index is 12.3. The minimum Gasteiger partial charge on any atom is -0.326 e. The van der Waals surface area contributed by atoms with E-state index in [0.29, 0.717) is 17.1 Å². The monoisotopic (exact) mass is 264 g/mol. The van der Waals surface area contributed by atoms with Gasteiger partial charge in [0, 0.05) is 22.8 Å². The molecule has 0 aliphatic carbocycles. The van der Waals surface area contributed by atoms with E-state index in [1.807, 2.05) is 25.1 Å². The van der Waals surface area contributed by atoms with Crippen molar-refractivity contribution in [3.8, 4) is 0 Å². The molecule has 1 aromatic rings. The van der Waals surface area contributed by atoms with Crippen LogP contribution in [0.4, 0.5) is 5.69 Å². The van der Waals surface area contributed by atoms with Crippen LogP contribution in [-0.4, -0.2) is 18.0 Å². The highest BCUT2D eigenvalue weighted by Gasteiger charge is 2.42. The van der Waals surface area contributed by atoms with Crippen molar-refractivity contribution in [1.29, 1.82) is 0 Å². The molecule has 4 heteroatoms. The van der Waals surface area contributed by atoms with Gasteiger partial charge in [0.2, 0.25) is 5.91 Å². The van der Waals surface area contributed by atoms with Gasteiger partial charge in [-0.05, 0) is 43.9 Å². The lowest BCUT2D eigenvalue weighted by Gasteiger charge is -2.20. The van der Waals surface area contributed by atoms with Crippen molar-refractivity contribution in [3.05, 3.63) is 28.8 Å². The van der Waals surface area contributed by atoms with E-state index in [4.69, 9.17) is 11.6 Å². The molecular weight excluding hydrogens is 248 g/mol. The Hall–Kier alpha value is -1.06. The standard InChI is InChI=1S/C14H17ClN2O/c1-8-2-3-9(15)6-13(8)17-14(18)11-7-10-4-5-12(11)16-10/h2-3,6,10-12,16H,4-5,7H2,1H3,(H,17,18). The lowest BCUT2D eigenvalue weighted by Crippen LogP contribution is -2.33. The fourth-order valence-corrected chi connectivity index (χ4v) is 3.24. The van der Waals surface area contributed by atoms with Crippen molar-refractivity contribution >= 4 is 23.2 Å². The van der Waals surface area contributed by atoms with Gasteiger partial charge in [0.15, 0.2) is 0 Å². The average molecular weight is 265 g/mol. The van der Waals surface area contributed by atoms with Crippen molar-refractivity contribution in [1.82, 2.24) is 5.32 Å². The van der Waals surface area contributed by atoms with Gasteiger partial charge in [-0.2, -0.15) is 0 Å². The zero-order valence-corrected chi connectivity index (χ0v) is 11.1. The van der Waals surface area contributed by atoms with Crippen molar-refractivity contribution in [2.24, 2.45) is 5.92 Å².